The van der Waals surface area contributed by atoms with E-state index in [1.807, 2.05) is 0 Å². The van der Waals surface area contributed by atoms with Gasteiger partial charge in [0.25, 0.3) is 0 Å². The highest BCUT2D eigenvalue weighted by Gasteiger charge is 2.16. The monoisotopic (exact) mass is 327 g/mol. The average molecular weight is 327 g/mol. The standard InChI is InChI=1S/C17H17N3O4/c1-22-13-8-11(9-14(23-2)15(13)24-3)17-18-16(19-20-17)10-4-6-12(21)7-5-10/h4-9,21H,1-3H3,(H,18,19,20). The number of nitrogens with one attached hydrogen (secondary N) is 1. The van der Waals surface area contributed by atoms with Crippen LogP contribution in [-0.2, 0) is 0 Å². The van der Waals surface area contributed by atoms with Crippen LogP contribution in [0.5, 0.6) is 23.0 Å². The van der Waals surface area contributed by atoms with Gasteiger partial charge in [0.1, 0.15) is 5.75 Å². The van der Waals surface area contributed by atoms with Crippen LogP contribution in [0.15, 0.2) is 36.4 Å². The summed E-state index contributed by atoms with van der Waals surface area (Å²) in [7, 11) is 4.66. The Morgan fingerprint density at radius 1 is 0.875 bits per heavy atom. The number of H-pyrrole nitrogens is 1. The van der Waals surface area contributed by atoms with Crippen molar-refractivity contribution >= 4 is 0 Å². The van der Waals surface area contributed by atoms with Gasteiger partial charge in [-0.2, -0.15) is 5.10 Å². The quantitative estimate of drug-likeness (QED) is 0.749. The van der Waals surface area contributed by atoms with Crippen LogP contribution in [0.2, 0.25) is 0 Å². The summed E-state index contributed by atoms with van der Waals surface area (Å²) in [6, 6.07) is 10.3. The van der Waals surface area contributed by atoms with E-state index in [1.165, 1.54) is 0 Å². The third-order valence-corrected chi connectivity index (χ3v) is 3.55. The lowest BCUT2D eigenvalue weighted by Crippen LogP contribution is -1.96. The summed E-state index contributed by atoms with van der Waals surface area (Å²) in [6.45, 7) is 0. The summed E-state index contributed by atoms with van der Waals surface area (Å²) in [4.78, 5) is 4.49. The maximum Gasteiger partial charge on any atom is 0.203 e. The van der Waals surface area contributed by atoms with Gasteiger partial charge >= 0.3 is 0 Å². The molecule has 1 heterocycles. The van der Waals surface area contributed by atoms with Gasteiger partial charge in [-0.1, -0.05) is 0 Å². The number of phenolic OH excluding ortho intramolecular Hbond substituents is 1. The van der Waals surface area contributed by atoms with Crippen molar-refractivity contribution in [1.82, 2.24) is 15.2 Å². The van der Waals surface area contributed by atoms with Crippen LogP contribution in [0.25, 0.3) is 22.8 Å². The third kappa shape index (κ3) is 2.83. The molecule has 0 bridgehead atoms. The first-order chi connectivity index (χ1) is 11.7. The second-order valence-electron chi connectivity index (χ2n) is 4.97. The van der Waals surface area contributed by atoms with Crippen LogP contribution < -0.4 is 14.2 Å². The molecule has 24 heavy (non-hydrogen) atoms. The summed E-state index contributed by atoms with van der Waals surface area (Å²) in [5.74, 6) is 2.86. The molecule has 0 saturated heterocycles. The molecule has 124 valence electrons. The van der Waals surface area contributed by atoms with Crippen molar-refractivity contribution in [1.29, 1.82) is 0 Å². The second kappa shape index (κ2) is 6.49. The van der Waals surface area contributed by atoms with Crippen molar-refractivity contribution in [3.63, 3.8) is 0 Å². The molecular formula is C17H17N3O4. The predicted molar refractivity (Wildman–Crippen MR) is 88.6 cm³/mol. The zero-order valence-electron chi connectivity index (χ0n) is 13.5. The highest BCUT2D eigenvalue weighted by Crippen LogP contribution is 2.40. The smallest absolute Gasteiger partial charge is 0.203 e. The molecule has 0 aliphatic rings. The highest BCUT2D eigenvalue weighted by atomic mass is 16.5. The molecule has 0 aliphatic carbocycles. The Balaban J connectivity index is 2.02. The van der Waals surface area contributed by atoms with E-state index in [9.17, 15) is 5.11 Å². The zero-order valence-corrected chi connectivity index (χ0v) is 13.5. The molecule has 3 rings (SSSR count). The molecule has 0 amide bonds. The number of hydrogen-bond donors (Lipinski definition) is 2. The van der Waals surface area contributed by atoms with Gasteiger partial charge in [-0.25, -0.2) is 4.98 Å². The van der Waals surface area contributed by atoms with Crippen molar-refractivity contribution in [2.75, 3.05) is 21.3 Å². The second-order valence-corrected chi connectivity index (χ2v) is 4.97. The van der Waals surface area contributed by atoms with E-state index in [4.69, 9.17) is 14.2 Å². The topological polar surface area (TPSA) is 89.5 Å². The zero-order chi connectivity index (χ0) is 17.1. The maximum atomic E-state index is 9.37. The van der Waals surface area contributed by atoms with Crippen LogP contribution in [0.4, 0.5) is 0 Å². The Morgan fingerprint density at radius 2 is 1.50 bits per heavy atom. The number of nitrogens with zero attached hydrogens (tertiary/aromatic N) is 2. The van der Waals surface area contributed by atoms with Crippen molar-refractivity contribution in [3.05, 3.63) is 36.4 Å². The number of benzene rings is 2. The van der Waals surface area contributed by atoms with Crippen molar-refractivity contribution in [2.45, 2.75) is 0 Å². The van der Waals surface area contributed by atoms with Crippen molar-refractivity contribution in [2.24, 2.45) is 0 Å². The summed E-state index contributed by atoms with van der Waals surface area (Å²) < 4.78 is 16.0. The Kier molecular flexibility index (Phi) is 4.24. The molecule has 7 nitrogen and oxygen atoms in total. The SMILES string of the molecule is COc1cc(-c2n[nH]c(-c3ccc(O)cc3)n2)cc(OC)c1OC. The number of phenols is 1. The van der Waals surface area contributed by atoms with Gasteiger partial charge in [0.15, 0.2) is 23.1 Å². The van der Waals surface area contributed by atoms with Crippen LogP contribution in [-0.4, -0.2) is 41.6 Å². The number of aromatic amines is 1. The minimum Gasteiger partial charge on any atom is -0.508 e. The van der Waals surface area contributed by atoms with E-state index in [-0.39, 0.29) is 5.75 Å². The molecule has 0 fully saturated rings. The molecule has 3 aromatic rings. The Hall–Kier alpha value is -3.22. The van der Waals surface area contributed by atoms with Crippen LogP contribution in [0, 0.1) is 0 Å². The van der Waals surface area contributed by atoms with Gasteiger partial charge in [-0.15, -0.1) is 0 Å². The van der Waals surface area contributed by atoms with Gasteiger partial charge in [-0.05, 0) is 36.4 Å². The van der Waals surface area contributed by atoms with Crippen LogP contribution in [0.3, 0.4) is 0 Å². The van der Waals surface area contributed by atoms with E-state index in [2.05, 4.69) is 15.2 Å². The lowest BCUT2D eigenvalue weighted by atomic mass is 10.1. The molecule has 7 heteroatoms. The van der Waals surface area contributed by atoms with E-state index >= 15 is 0 Å². The molecule has 0 spiro atoms. The molecule has 0 unspecified atom stereocenters. The van der Waals surface area contributed by atoms with E-state index in [0.29, 0.717) is 28.9 Å². The van der Waals surface area contributed by atoms with Crippen LogP contribution >= 0.6 is 0 Å². The first-order valence-corrected chi connectivity index (χ1v) is 7.18. The van der Waals surface area contributed by atoms with Crippen molar-refractivity contribution < 1.29 is 19.3 Å². The molecule has 0 aliphatic heterocycles. The molecule has 1 aromatic heterocycles. The van der Waals surface area contributed by atoms with Gasteiger partial charge in [0, 0.05) is 11.1 Å². The average Bonchev–Trinajstić information content (AvgIpc) is 3.11. The van der Waals surface area contributed by atoms with Crippen molar-refractivity contribution in [3.8, 4) is 45.8 Å². The minimum atomic E-state index is 0.197. The van der Waals surface area contributed by atoms with Gasteiger partial charge in [0.2, 0.25) is 5.75 Å². The highest BCUT2D eigenvalue weighted by molar-refractivity contribution is 5.68. The molecule has 0 atom stereocenters. The fraction of sp³-hybridized carbons (Fsp3) is 0.176. The van der Waals surface area contributed by atoms with Gasteiger partial charge < -0.3 is 19.3 Å². The molecule has 2 N–H and O–H groups in total. The normalized spacial score (nSPS) is 10.5. The lowest BCUT2D eigenvalue weighted by Gasteiger charge is -2.12. The fourth-order valence-corrected chi connectivity index (χ4v) is 2.35. The van der Waals surface area contributed by atoms with E-state index in [1.54, 1.807) is 57.7 Å². The Morgan fingerprint density at radius 3 is 2.04 bits per heavy atom. The number of ether oxygens (including phenoxy) is 3. The summed E-state index contributed by atoms with van der Waals surface area (Å²) in [5, 5.41) is 16.5. The first kappa shape index (κ1) is 15.7. The summed E-state index contributed by atoms with van der Waals surface area (Å²) in [6.07, 6.45) is 0. The first-order valence-electron chi connectivity index (χ1n) is 7.18. The largest absolute Gasteiger partial charge is 0.508 e. The molecular weight excluding hydrogens is 310 g/mol. The van der Waals surface area contributed by atoms with Crippen LogP contribution in [0.1, 0.15) is 0 Å². The number of hydrogen-bond acceptors (Lipinski definition) is 6. The summed E-state index contributed by atoms with van der Waals surface area (Å²) in [5.41, 5.74) is 1.55. The number of aromatic nitrogens is 3. The third-order valence-electron chi connectivity index (χ3n) is 3.55. The predicted octanol–water partition coefficient (Wildman–Crippen LogP) is 2.87. The van der Waals surface area contributed by atoms with E-state index < -0.39 is 0 Å². The van der Waals surface area contributed by atoms with Gasteiger partial charge in [0.05, 0.1) is 21.3 Å². The molecule has 0 saturated carbocycles. The Labute approximate surface area is 138 Å². The number of rotatable bonds is 5. The number of methoxy groups -OCH3 is 3. The molecule has 0 radical (unpaired) electrons. The minimum absolute atomic E-state index is 0.197. The maximum absolute atomic E-state index is 9.37. The number of aromatic hydroxyl groups is 1. The Bertz CT molecular complexity index is 818. The van der Waals surface area contributed by atoms with Gasteiger partial charge in [-0.3, -0.25) is 5.10 Å². The van der Waals surface area contributed by atoms with E-state index in [0.717, 1.165) is 11.1 Å². The lowest BCUT2D eigenvalue weighted by molar-refractivity contribution is 0.324. The fourth-order valence-electron chi connectivity index (χ4n) is 2.35. The summed E-state index contributed by atoms with van der Waals surface area (Å²) >= 11 is 0. The molecule has 2 aromatic carbocycles.